The van der Waals surface area contributed by atoms with Crippen LogP contribution in [0.5, 0.6) is 5.75 Å². The minimum Gasteiger partial charge on any atom is -0.491 e. The Kier molecular flexibility index (Phi) is 8.40. The summed E-state index contributed by atoms with van der Waals surface area (Å²) in [6.45, 7) is 5.68. The molecular weight excluding hydrogens is 542 g/mol. The quantitative estimate of drug-likeness (QED) is 0.315. The largest absolute Gasteiger partial charge is 0.491 e. The number of methoxy groups -OCH3 is 1. The number of pyridine rings is 1. The maximum atomic E-state index is 15.1. The normalized spacial score (nSPS) is 20.6. The van der Waals surface area contributed by atoms with Crippen LogP contribution in [-0.2, 0) is 11.2 Å². The van der Waals surface area contributed by atoms with Gasteiger partial charge < -0.3 is 20.1 Å². The molecule has 222 valence electrons. The van der Waals surface area contributed by atoms with Gasteiger partial charge in [-0.2, -0.15) is 5.10 Å². The van der Waals surface area contributed by atoms with Crippen LogP contribution in [0.1, 0.15) is 56.5 Å². The zero-order valence-electron chi connectivity index (χ0n) is 24.4. The summed E-state index contributed by atoms with van der Waals surface area (Å²) in [5, 5.41) is 4.58. The lowest BCUT2D eigenvalue weighted by Gasteiger charge is -2.43. The minimum absolute atomic E-state index is 0.122. The number of carbonyl (C=O) groups excluding carboxylic acids is 1. The summed E-state index contributed by atoms with van der Waals surface area (Å²) in [7, 11) is 3.09. The molecule has 3 heterocycles. The second-order valence-corrected chi connectivity index (χ2v) is 11.3. The van der Waals surface area contributed by atoms with Gasteiger partial charge in [0.05, 0.1) is 42.2 Å². The fraction of sp³-hybridized carbons (Fsp3) is 0.419. The number of likely N-dealkylation sites (N-methyl/N-ethyl adjacent to an activating group) is 1. The first kappa shape index (κ1) is 29.4. The summed E-state index contributed by atoms with van der Waals surface area (Å²) in [6, 6.07) is 7.29. The minimum atomic E-state index is -0.757. The Morgan fingerprint density at radius 3 is 2.57 bits per heavy atom. The van der Waals surface area contributed by atoms with Crippen molar-refractivity contribution in [2.24, 2.45) is 11.7 Å². The highest BCUT2D eigenvalue weighted by molar-refractivity contribution is 5.67. The van der Waals surface area contributed by atoms with E-state index in [1.54, 1.807) is 54.8 Å². The van der Waals surface area contributed by atoms with Crippen LogP contribution >= 0.6 is 0 Å². The maximum absolute atomic E-state index is 15.1. The summed E-state index contributed by atoms with van der Waals surface area (Å²) < 4.78 is 42.1. The molecule has 11 heteroatoms. The Labute approximate surface area is 243 Å². The van der Waals surface area contributed by atoms with Crippen LogP contribution in [0.3, 0.4) is 0 Å². The molecule has 0 saturated heterocycles. The molecule has 1 aliphatic carbocycles. The third-order valence-corrected chi connectivity index (χ3v) is 7.97. The van der Waals surface area contributed by atoms with Gasteiger partial charge in [0, 0.05) is 44.0 Å². The van der Waals surface area contributed by atoms with Crippen molar-refractivity contribution in [1.29, 1.82) is 0 Å². The molecule has 4 aromatic rings. The Morgan fingerprint density at radius 2 is 1.90 bits per heavy atom. The first-order chi connectivity index (χ1) is 20.1. The molecular formula is C31H36F2N6O3. The number of hydrogen-bond donors (Lipinski definition) is 1. The molecule has 1 aromatic carbocycles. The van der Waals surface area contributed by atoms with E-state index in [-0.39, 0.29) is 47.0 Å². The number of nitrogens with two attached hydrogens (primary N) is 1. The number of benzene rings is 1. The molecule has 2 N–H and O–H groups in total. The molecule has 1 amide bonds. The van der Waals surface area contributed by atoms with E-state index in [0.717, 1.165) is 17.5 Å². The lowest BCUT2D eigenvalue weighted by molar-refractivity contribution is 0.0777. The first-order valence-corrected chi connectivity index (χ1v) is 14.1. The van der Waals surface area contributed by atoms with Gasteiger partial charge in [-0.25, -0.2) is 23.1 Å². The molecule has 0 spiro atoms. The predicted octanol–water partition coefficient (Wildman–Crippen LogP) is 5.36. The number of rotatable bonds is 7. The van der Waals surface area contributed by atoms with E-state index in [1.807, 2.05) is 12.3 Å². The van der Waals surface area contributed by atoms with Gasteiger partial charge in [-0.15, -0.1) is 0 Å². The number of halogens is 2. The Balaban J connectivity index is 1.43. The number of ether oxygens (including phenoxy) is 2. The monoisotopic (exact) mass is 578 g/mol. The molecule has 1 fully saturated rings. The van der Waals surface area contributed by atoms with Crippen LogP contribution in [0.15, 0.2) is 48.9 Å². The van der Waals surface area contributed by atoms with Gasteiger partial charge in [0.1, 0.15) is 23.2 Å². The molecule has 4 atom stereocenters. The number of aromatic nitrogens is 4. The highest BCUT2D eigenvalue weighted by atomic mass is 19.1. The molecule has 0 aliphatic heterocycles. The number of amides is 1. The van der Waals surface area contributed by atoms with Crippen LogP contribution in [0, 0.1) is 17.6 Å². The second kappa shape index (κ2) is 12.0. The number of imidazole rings is 1. The second-order valence-electron chi connectivity index (χ2n) is 11.3. The predicted molar refractivity (Wildman–Crippen MR) is 154 cm³/mol. The van der Waals surface area contributed by atoms with Crippen molar-refractivity contribution < 1.29 is 23.0 Å². The average Bonchev–Trinajstić information content (AvgIpc) is 3.33. The van der Waals surface area contributed by atoms with Gasteiger partial charge >= 0.3 is 6.09 Å². The molecule has 9 nitrogen and oxygen atoms in total. The van der Waals surface area contributed by atoms with Crippen LogP contribution in [0.4, 0.5) is 13.6 Å². The van der Waals surface area contributed by atoms with Crippen molar-refractivity contribution in [3.8, 4) is 17.0 Å². The van der Waals surface area contributed by atoms with E-state index in [9.17, 15) is 4.79 Å². The van der Waals surface area contributed by atoms with Gasteiger partial charge in [-0.05, 0) is 67.9 Å². The Hall–Kier alpha value is -4.12. The van der Waals surface area contributed by atoms with Crippen molar-refractivity contribution in [3.05, 3.63) is 77.5 Å². The van der Waals surface area contributed by atoms with E-state index < -0.39 is 17.7 Å². The number of carbonyl (C=O) groups is 1. The highest BCUT2D eigenvalue weighted by Gasteiger charge is 2.39. The molecule has 42 heavy (non-hydrogen) atoms. The third-order valence-electron chi connectivity index (χ3n) is 7.97. The molecule has 0 bridgehead atoms. The molecule has 1 aliphatic rings. The van der Waals surface area contributed by atoms with Gasteiger partial charge in [-0.1, -0.05) is 6.92 Å². The van der Waals surface area contributed by atoms with Crippen molar-refractivity contribution in [2.75, 3.05) is 14.2 Å². The van der Waals surface area contributed by atoms with Crippen LogP contribution in [0.25, 0.3) is 16.8 Å². The fourth-order valence-electron chi connectivity index (χ4n) is 6.24. The summed E-state index contributed by atoms with van der Waals surface area (Å²) in [5.74, 6) is -0.488. The maximum Gasteiger partial charge on any atom is 0.409 e. The third kappa shape index (κ3) is 5.78. The first-order valence-electron chi connectivity index (χ1n) is 14.1. The van der Waals surface area contributed by atoms with Gasteiger partial charge in [0.15, 0.2) is 0 Å². The van der Waals surface area contributed by atoms with E-state index in [4.69, 9.17) is 15.2 Å². The lowest BCUT2D eigenvalue weighted by atomic mass is 9.72. The molecule has 5 rings (SSSR count). The van der Waals surface area contributed by atoms with Crippen molar-refractivity contribution in [3.63, 3.8) is 0 Å². The van der Waals surface area contributed by atoms with E-state index in [2.05, 4.69) is 22.0 Å². The molecule has 0 radical (unpaired) electrons. The van der Waals surface area contributed by atoms with Crippen molar-refractivity contribution >= 4 is 11.6 Å². The van der Waals surface area contributed by atoms with Crippen LogP contribution < -0.4 is 10.5 Å². The van der Waals surface area contributed by atoms with Crippen LogP contribution in [-0.4, -0.2) is 62.9 Å². The fourth-order valence-corrected chi connectivity index (χ4v) is 6.24. The molecule has 3 aromatic heterocycles. The van der Waals surface area contributed by atoms with E-state index >= 15 is 8.78 Å². The zero-order chi connectivity index (χ0) is 30.1. The standard InChI is InChI=1S/C31H36F2N6O3/c1-17(2)42-22-13-24(32)29(25(33)14-22)27-7-6-21-16-36-28(39(21)37-27)12-20-15-35-9-8-23(20)19-10-18(3)30(26(34)11-19)38(4)31(40)41-5/h6-9,13-19,26,30H,10-12,34H2,1-5H3/t18-,19+,26+,30-/m0/s1. The van der Waals surface area contributed by atoms with E-state index in [1.165, 1.54) is 19.2 Å². The lowest BCUT2D eigenvalue weighted by Crippen LogP contribution is -2.55. The number of nitrogens with zero attached hydrogens (tertiary/aromatic N) is 5. The van der Waals surface area contributed by atoms with Crippen molar-refractivity contribution in [1.82, 2.24) is 24.5 Å². The molecule has 1 saturated carbocycles. The summed E-state index contributed by atoms with van der Waals surface area (Å²) in [4.78, 5) is 22.7. The van der Waals surface area contributed by atoms with Crippen LogP contribution in [0.2, 0.25) is 0 Å². The van der Waals surface area contributed by atoms with Crippen molar-refractivity contribution in [2.45, 2.75) is 64.1 Å². The topological polar surface area (TPSA) is 108 Å². The highest BCUT2D eigenvalue weighted by Crippen LogP contribution is 2.39. The number of hydrogen-bond acceptors (Lipinski definition) is 7. The SMILES string of the molecule is COC(=O)N(C)[C@@H]1[C@H](N)C[C@H](c2ccncc2Cc2ncc3ccc(-c4c(F)cc(OC(C)C)cc4F)nn23)C[C@@H]1C. The Bertz CT molecular complexity index is 1560. The summed E-state index contributed by atoms with van der Waals surface area (Å²) in [5.41, 5.74) is 9.31. The smallest absolute Gasteiger partial charge is 0.409 e. The average molecular weight is 579 g/mol. The van der Waals surface area contributed by atoms with Gasteiger partial charge in [-0.3, -0.25) is 4.98 Å². The Morgan fingerprint density at radius 1 is 1.17 bits per heavy atom. The van der Waals surface area contributed by atoms with E-state index in [0.29, 0.717) is 24.2 Å². The zero-order valence-corrected chi connectivity index (χ0v) is 24.4. The number of fused-ring (bicyclic) bond motifs is 1. The van der Waals surface area contributed by atoms with Gasteiger partial charge in [0.25, 0.3) is 0 Å². The van der Waals surface area contributed by atoms with Gasteiger partial charge in [0.2, 0.25) is 0 Å². The molecule has 0 unspecified atom stereocenters. The summed E-state index contributed by atoms with van der Waals surface area (Å²) >= 11 is 0. The summed E-state index contributed by atoms with van der Waals surface area (Å²) in [6.07, 6.45) is 6.57.